The number of thioether (sulfide) groups is 1. The molecule has 0 saturated carbocycles. The van der Waals surface area contributed by atoms with E-state index in [1.165, 1.54) is 22.7 Å². The molecule has 0 bridgehead atoms. The Morgan fingerprint density at radius 3 is 2.74 bits per heavy atom. The number of hydrogen-bond acceptors (Lipinski definition) is 6. The number of ether oxygens (including phenoxy) is 1. The van der Waals surface area contributed by atoms with Crippen LogP contribution in [0, 0.1) is 0 Å². The van der Waals surface area contributed by atoms with Gasteiger partial charge in [0.05, 0.1) is 22.4 Å². The van der Waals surface area contributed by atoms with E-state index in [-0.39, 0.29) is 17.9 Å². The standard InChI is InChI=1S/C28H24ClN5O4S/c1-2-22(35)33-13-11-16(15-33)31-26(36)25-24-23-21(10-12-30-27(23)39-25)34(28(37)32-24)20-9-8-18(14-19(20)29)38-17-6-4-3-5-7-17/h2-10,12,14,16,24-25H,1,11,13,15H2,(H,31,36)(H,32,37)/t16?,24?,25-/m1/s1. The quantitative estimate of drug-likeness (QED) is 0.419. The molecule has 4 amide bonds. The smallest absolute Gasteiger partial charge is 0.327 e. The molecular weight excluding hydrogens is 538 g/mol. The fourth-order valence-electron chi connectivity index (χ4n) is 5.11. The van der Waals surface area contributed by atoms with Crippen LogP contribution in [0.4, 0.5) is 16.2 Å². The van der Waals surface area contributed by atoms with Gasteiger partial charge in [0, 0.05) is 37.0 Å². The average Bonchev–Trinajstić information content (AvgIpc) is 3.55. The molecule has 3 aliphatic rings. The number of carbonyl (C=O) groups excluding carboxylic acids is 3. The van der Waals surface area contributed by atoms with Crippen LogP contribution in [0.2, 0.25) is 5.02 Å². The minimum Gasteiger partial charge on any atom is -0.457 e. The molecule has 198 valence electrons. The lowest BCUT2D eigenvalue weighted by Gasteiger charge is -2.34. The summed E-state index contributed by atoms with van der Waals surface area (Å²) in [5.74, 6) is 0.853. The molecule has 39 heavy (non-hydrogen) atoms. The van der Waals surface area contributed by atoms with Crippen LogP contribution < -0.4 is 20.3 Å². The van der Waals surface area contributed by atoms with Crippen molar-refractivity contribution in [3.63, 3.8) is 0 Å². The third kappa shape index (κ3) is 4.70. The molecular formula is C28H24ClN5O4S. The largest absolute Gasteiger partial charge is 0.457 e. The van der Waals surface area contributed by atoms with Crippen LogP contribution in [0.15, 0.2) is 78.5 Å². The number of nitrogens with one attached hydrogen (secondary N) is 2. The fourth-order valence-corrected chi connectivity index (χ4v) is 6.60. The van der Waals surface area contributed by atoms with Gasteiger partial charge in [-0.3, -0.25) is 14.5 Å². The summed E-state index contributed by atoms with van der Waals surface area (Å²) in [7, 11) is 0. The average molecular weight is 562 g/mol. The molecule has 2 N–H and O–H groups in total. The van der Waals surface area contributed by atoms with Crippen molar-refractivity contribution in [1.82, 2.24) is 20.5 Å². The number of aromatic nitrogens is 1. The van der Waals surface area contributed by atoms with Crippen molar-refractivity contribution < 1.29 is 19.1 Å². The predicted octanol–water partition coefficient (Wildman–Crippen LogP) is 4.81. The minimum atomic E-state index is -0.596. The van der Waals surface area contributed by atoms with E-state index in [9.17, 15) is 14.4 Å². The van der Waals surface area contributed by atoms with Crippen molar-refractivity contribution in [2.24, 2.45) is 0 Å². The van der Waals surface area contributed by atoms with Gasteiger partial charge in [0.25, 0.3) is 0 Å². The molecule has 0 spiro atoms. The van der Waals surface area contributed by atoms with Gasteiger partial charge in [-0.05, 0) is 42.8 Å². The first kappa shape index (κ1) is 25.3. The van der Waals surface area contributed by atoms with Gasteiger partial charge in [-0.2, -0.15) is 0 Å². The Bertz CT molecular complexity index is 1490. The number of likely N-dealkylation sites (tertiary alicyclic amines) is 1. The zero-order chi connectivity index (χ0) is 27.1. The summed E-state index contributed by atoms with van der Waals surface area (Å²) in [6, 6.07) is 15.1. The Balaban J connectivity index is 1.23. The number of benzene rings is 2. The highest BCUT2D eigenvalue weighted by molar-refractivity contribution is 8.01. The van der Waals surface area contributed by atoms with E-state index < -0.39 is 17.3 Å². The van der Waals surface area contributed by atoms with E-state index in [1.807, 2.05) is 30.3 Å². The van der Waals surface area contributed by atoms with Crippen LogP contribution in [0.1, 0.15) is 18.0 Å². The second-order valence-corrected chi connectivity index (χ2v) is 10.9. The van der Waals surface area contributed by atoms with Crippen molar-refractivity contribution in [3.05, 3.63) is 84.0 Å². The Labute approximate surface area is 234 Å². The lowest BCUT2D eigenvalue weighted by molar-refractivity contribution is -0.126. The molecule has 9 nitrogen and oxygen atoms in total. The number of halogens is 1. The molecule has 0 radical (unpaired) electrons. The van der Waals surface area contributed by atoms with E-state index in [2.05, 4.69) is 22.2 Å². The van der Waals surface area contributed by atoms with Gasteiger partial charge < -0.3 is 20.3 Å². The number of nitrogens with zero attached hydrogens (tertiary/aromatic N) is 3. The Morgan fingerprint density at radius 2 is 1.97 bits per heavy atom. The number of rotatable bonds is 6. The van der Waals surface area contributed by atoms with Crippen LogP contribution in [-0.2, 0) is 9.59 Å². The normalized spacial score (nSPS) is 21.3. The fraction of sp³-hybridized carbons (Fsp3) is 0.214. The summed E-state index contributed by atoms with van der Waals surface area (Å²) < 4.78 is 5.88. The summed E-state index contributed by atoms with van der Waals surface area (Å²) in [4.78, 5) is 46.4. The van der Waals surface area contributed by atoms with E-state index in [0.29, 0.717) is 52.4 Å². The SMILES string of the molecule is C=CC(=O)N1CCC(NC(=O)[C@@H]2Sc3nccc4c3C2NC(=O)N4c2ccc(Oc3ccccc3)cc2Cl)C1. The molecule has 4 heterocycles. The Hall–Kier alpha value is -4.02. The molecule has 2 aromatic carbocycles. The van der Waals surface area contributed by atoms with Gasteiger partial charge in [-0.1, -0.05) is 48.1 Å². The minimum absolute atomic E-state index is 0.152. The molecule has 0 aliphatic carbocycles. The first-order valence-electron chi connectivity index (χ1n) is 12.4. The van der Waals surface area contributed by atoms with E-state index in [0.717, 1.165) is 5.56 Å². The second-order valence-electron chi connectivity index (χ2n) is 9.36. The van der Waals surface area contributed by atoms with Gasteiger partial charge >= 0.3 is 6.03 Å². The maximum absolute atomic E-state index is 13.5. The van der Waals surface area contributed by atoms with Gasteiger partial charge in [-0.15, -0.1) is 0 Å². The molecule has 3 aromatic rings. The first-order valence-corrected chi connectivity index (χ1v) is 13.7. The number of anilines is 2. The van der Waals surface area contributed by atoms with E-state index >= 15 is 0 Å². The number of hydrogen-bond donors (Lipinski definition) is 2. The van der Waals surface area contributed by atoms with Crippen LogP contribution >= 0.6 is 23.4 Å². The summed E-state index contributed by atoms with van der Waals surface area (Å²) >= 11 is 7.97. The Morgan fingerprint density at radius 1 is 1.15 bits per heavy atom. The number of pyridine rings is 1. The summed E-state index contributed by atoms with van der Waals surface area (Å²) in [6.07, 6.45) is 3.56. The third-order valence-corrected chi connectivity index (χ3v) is 8.52. The molecule has 1 aromatic heterocycles. The third-order valence-electron chi connectivity index (χ3n) is 6.92. The lowest BCUT2D eigenvalue weighted by atomic mass is 9.99. The van der Waals surface area contributed by atoms with Crippen LogP contribution in [0.25, 0.3) is 0 Å². The Kier molecular flexibility index (Phi) is 6.66. The maximum Gasteiger partial charge on any atom is 0.327 e. The van der Waals surface area contributed by atoms with Crippen molar-refractivity contribution in [1.29, 1.82) is 0 Å². The molecule has 2 unspecified atom stereocenters. The number of urea groups is 1. The number of carbonyl (C=O) groups is 3. The highest BCUT2D eigenvalue weighted by Gasteiger charge is 2.47. The number of para-hydroxylation sites is 1. The van der Waals surface area contributed by atoms with Crippen molar-refractivity contribution >= 4 is 52.6 Å². The monoisotopic (exact) mass is 561 g/mol. The highest BCUT2D eigenvalue weighted by atomic mass is 35.5. The van der Waals surface area contributed by atoms with Crippen molar-refractivity contribution in [2.45, 2.75) is 28.8 Å². The molecule has 1 saturated heterocycles. The highest BCUT2D eigenvalue weighted by Crippen LogP contribution is 2.51. The molecule has 6 rings (SSSR count). The molecule has 11 heteroatoms. The van der Waals surface area contributed by atoms with Crippen LogP contribution in [0.3, 0.4) is 0 Å². The van der Waals surface area contributed by atoms with E-state index in [1.54, 1.807) is 35.4 Å². The predicted molar refractivity (Wildman–Crippen MR) is 149 cm³/mol. The van der Waals surface area contributed by atoms with Crippen molar-refractivity contribution in [2.75, 3.05) is 18.0 Å². The molecule has 3 atom stereocenters. The summed E-state index contributed by atoms with van der Waals surface area (Å²) in [5, 5.41) is 6.46. The van der Waals surface area contributed by atoms with Crippen LogP contribution in [0.5, 0.6) is 11.5 Å². The summed E-state index contributed by atoms with van der Waals surface area (Å²) in [5.41, 5.74) is 1.88. The van der Waals surface area contributed by atoms with Gasteiger partial charge in [-0.25, -0.2) is 9.78 Å². The first-order chi connectivity index (χ1) is 18.9. The van der Waals surface area contributed by atoms with Crippen molar-refractivity contribution in [3.8, 4) is 11.5 Å². The lowest BCUT2D eigenvalue weighted by Crippen LogP contribution is -2.50. The zero-order valence-electron chi connectivity index (χ0n) is 20.7. The topological polar surface area (TPSA) is 104 Å². The second kappa shape index (κ2) is 10.3. The van der Waals surface area contributed by atoms with Gasteiger partial charge in [0.1, 0.15) is 21.8 Å². The van der Waals surface area contributed by atoms with E-state index in [4.69, 9.17) is 16.3 Å². The number of amides is 4. The molecule has 3 aliphatic heterocycles. The zero-order valence-corrected chi connectivity index (χ0v) is 22.2. The van der Waals surface area contributed by atoms with Crippen LogP contribution in [-0.4, -0.2) is 52.1 Å². The maximum atomic E-state index is 13.5. The molecule has 1 fully saturated rings. The summed E-state index contributed by atoms with van der Waals surface area (Å²) in [6.45, 7) is 4.52. The van der Waals surface area contributed by atoms with Gasteiger partial charge in [0.15, 0.2) is 0 Å². The van der Waals surface area contributed by atoms with Gasteiger partial charge in [0.2, 0.25) is 11.8 Å².